The molecule has 0 aromatic carbocycles. The number of aliphatic hydroxyl groups is 1. The van der Waals surface area contributed by atoms with Gasteiger partial charge in [-0.05, 0) is 6.42 Å². The molecule has 0 amide bonds. The number of carbonyl (C=O) groups excluding carboxylic acids is 1. The van der Waals surface area contributed by atoms with Gasteiger partial charge in [-0.15, -0.1) is 0 Å². The maximum atomic E-state index is 9.90. The lowest BCUT2D eigenvalue weighted by molar-refractivity contribution is -0.131. The van der Waals surface area contributed by atoms with E-state index < -0.39 is 6.10 Å². The highest BCUT2D eigenvalue weighted by molar-refractivity contribution is 5.36. The van der Waals surface area contributed by atoms with E-state index in [1.165, 1.54) is 51.4 Å². The second-order valence-electron chi connectivity index (χ2n) is 4.70. The normalized spacial score (nSPS) is 12.4. The van der Waals surface area contributed by atoms with Crippen molar-refractivity contribution in [3.05, 3.63) is 0 Å². The molecule has 0 aromatic rings. The summed E-state index contributed by atoms with van der Waals surface area (Å²) in [5.41, 5.74) is 0. The Labute approximate surface area is 106 Å². The molecule has 0 aliphatic rings. The first kappa shape index (κ1) is 16.4. The molecular formula is C14H28O3. The number of carbonyl (C=O) groups is 1. The van der Waals surface area contributed by atoms with Gasteiger partial charge < -0.3 is 9.84 Å². The maximum absolute atomic E-state index is 9.90. The van der Waals surface area contributed by atoms with Crippen molar-refractivity contribution in [3.8, 4) is 0 Å². The van der Waals surface area contributed by atoms with Crippen LogP contribution in [0.15, 0.2) is 0 Å². The molecular weight excluding hydrogens is 216 g/mol. The van der Waals surface area contributed by atoms with E-state index in [4.69, 9.17) is 0 Å². The van der Waals surface area contributed by atoms with Crippen molar-refractivity contribution in [1.82, 2.24) is 0 Å². The number of unbranched alkanes of at least 4 members (excludes halogenated alkanes) is 8. The van der Waals surface area contributed by atoms with Gasteiger partial charge in [-0.3, -0.25) is 4.79 Å². The van der Waals surface area contributed by atoms with Gasteiger partial charge in [0.25, 0.3) is 6.47 Å². The van der Waals surface area contributed by atoms with Crippen LogP contribution in [-0.2, 0) is 9.53 Å². The van der Waals surface area contributed by atoms with Gasteiger partial charge in [0.2, 0.25) is 0 Å². The molecule has 0 heterocycles. The van der Waals surface area contributed by atoms with Crippen LogP contribution in [0.25, 0.3) is 0 Å². The molecule has 0 bridgehead atoms. The van der Waals surface area contributed by atoms with E-state index in [0.717, 1.165) is 12.8 Å². The summed E-state index contributed by atoms with van der Waals surface area (Å²) in [6, 6.07) is 0. The van der Waals surface area contributed by atoms with Crippen LogP contribution in [0.5, 0.6) is 0 Å². The standard InChI is InChI=1S/C14H28O3/c1-2-3-4-5-6-7-8-9-10-11-14(16)12-17-13-15/h13-14,16H,2-12H2,1H3. The molecule has 0 aliphatic carbocycles. The molecule has 1 atom stereocenters. The SMILES string of the molecule is CCCCCCCCCCCC(O)COC=O. The molecule has 0 aliphatic heterocycles. The third-order valence-corrected chi connectivity index (χ3v) is 3.00. The molecule has 0 fully saturated rings. The zero-order chi connectivity index (χ0) is 12.8. The minimum absolute atomic E-state index is 0.139. The summed E-state index contributed by atoms with van der Waals surface area (Å²) in [7, 11) is 0. The molecule has 0 aromatic heterocycles. The lowest BCUT2D eigenvalue weighted by Crippen LogP contribution is -2.14. The number of hydrogen-bond donors (Lipinski definition) is 1. The van der Waals surface area contributed by atoms with E-state index in [1.807, 2.05) is 0 Å². The van der Waals surface area contributed by atoms with Crippen molar-refractivity contribution in [3.63, 3.8) is 0 Å². The first-order valence-corrected chi connectivity index (χ1v) is 7.04. The highest BCUT2D eigenvalue weighted by Gasteiger charge is 2.03. The zero-order valence-corrected chi connectivity index (χ0v) is 11.2. The Morgan fingerprint density at radius 3 is 2.06 bits per heavy atom. The number of aliphatic hydroxyl groups excluding tert-OH is 1. The second-order valence-corrected chi connectivity index (χ2v) is 4.70. The Balaban J connectivity index is 3.04. The number of hydrogen-bond acceptors (Lipinski definition) is 3. The fraction of sp³-hybridized carbons (Fsp3) is 0.929. The molecule has 102 valence electrons. The zero-order valence-electron chi connectivity index (χ0n) is 11.2. The molecule has 17 heavy (non-hydrogen) atoms. The quantitative estimate of drug-likeness (QED) is 0.399. The monoisotopic (exact) mass is 244 g/mol. The summed E-state index contributed by atoms with van der Waals surface area (Å²) in [5.74, 6) is 0. The molecule has 1 unspecified atom stereocenters. The summed E-state index contributed by atoms with van der Waals surface area (Å²) < 4.78 is 4.50. The van der Waals surface area contributed by atoms with Gasteiger partial charge in [-0.1, -0.05) is 64.7 Å². The molecule has 3 nitrogen and oxygen atoms in total. The maximum Gasteiger partial charge on any atom is 0.293 e. The molecule has 1 N–H and O–H groups in total. The van der Waals surface area contributed by atoms with Crippen molar-refractivity contribution in [2.45, 2.75) is 77.2 Å². The minimum Gasteiger partial charge on any atom is -0.465 e. The summed E-state index contributed by atoms with van der Waals surface area (Å²) in [6.07, 6.45) is 11.8. The largest absolute Gasteiger partial charge is 0.465 e. The minimum atomic E-state index is -0.482. The van der Waals surface area contributed by atoms with Crippen LogP contribution in [0.4, 0.5) is 0 Å². The van der Waals surface area contributed by atoms with Crippen LogP contribution in [0, 0.1) is 0 Å². The van der Waals surface area contributed by atoms with Crippen molar-refractivity contribution in [2.75, 3.05) is 6.61 Å². The van der Waals surface area contributed by atoms with E-state index >= 15 is 0 Å². The molecule has 0 radical (unpaired) electrons. The number of ether oxygens (including phenoxy) is 1. The molecule has 0 rings (SSSR count). The van der Waals surface area contributed by atoms with E-state index in [9.17, 15) is 9.90 Å². The fourth-order valence-electron chi connectivity index (χ4n) is 1.92. The Bertz CT molecular complexity index is 160. The smallest absolute Gasteiger partial charge is 0.293 e. The van der Waals surface area contributed by atoms with Crippen molar-refractivity contribution in [2.24, 2.45) is 0 Å². The Morgan fingerprint density at radius 2 is 1.53 bits per heavy atom. The van der Waals surface area contributed by atoms with E-state index in [2.05, 4.69) is 11.7 Å². The molecule has 0 saturated heterocycles. The third-order valence-electron chi connectivity index (χ3n) is 3.00. The van der Waals surface area contributed by atoms with Gasteiger partial charge in [0.1, 0.15) is 6.61 Å². The van der Waals surface area contributed by atoms with Gasteiger partial charge in [0, 0.05) is 0 Å². The van der Waals surface area contributed by atoms with E-state index in [0.29, 0.717) is 6.47 Å². The topological polar surface area (TPSA) is 46.5 Å². The van der Waals surface area contributed by atoms with Crippen LogP contribution in [0.3, 0.4) is 0 Å². The van der Waals surface area contributed by atoms with Gasteiger partial charge in [-0.2, -0.15) is 0 Å². The van der Waals surface area contributed by atoms with Crippen molar-refractivity contribution in [1.29, 1.82) is 0 Å². The summed E-state index contributed by atoms with van der Waals surface area (Å²) >= 11 is 0. The van der Waals surface area contributed by atoms with E-state index in [1.54, 1.807) is 0 Å². The Hall–Kier alpha value is -0.570. The van der Waals surface area contributed by atoms with Crippen LogP contribution in [0.1, 0.15) is 71.1 Å². The Morgan fingerprint density at radius 1 is 1.00 bits per heavy atom. The summed E-state index contributed by atoms with van der Waals surface area (Å²) in [5, 5.41) is 9.40. The summed E-state index contributed by atoms with van der Waals surface area (Å²) in [4.78, 5) is 9.90. The second kappa shape index (κ2) is 13.5. The van der Waals surface area contributed by atoms with Crippen molar-refractivity contribution >= 4 is 6.47 Å². The van der Waals surface area contributed by atoms with Gasteiger partial charge in [0.15, 0.2) is 0 Å². The average Bonchev–Trinajstić information content (AvgIpc) is 2.34. The molecule has 3 heteroatoms. The molecule has 0 spiro atoms. The van der Waals surface area contributed by atoms with Gasteiger partial charge >= 0.3 is 0 Å². The predicted octanol–water partition coefficient (Wildman–Crippen LogP) is 3.44. The lowest BCUT2D eigenvalue weighted by Gasteiger charge is -2.08. The lowest BCUT2D eigenvalue weighted by atomic mass is 10.1. The van der Waals surface area contributed by atoms with Crippen LogP contribution in [-0.4, -0.2) is 24.3 Å². The third kappa shape index (κ3) is 13.4. The average molecular weight is 244 g/mol. The fourth-order valence-corrected chi connectivity index (χ4v) is 1.92. The van der Waals surface area contributed by atoms with E-state index in [-0.39, 0.29) is 6.61 Å². The highest BCUT2D eigenvalue weighted by atomic mass is 16.5. The summed E-state index contributed by atoms with van der Waals surface area (Å²) in [6.45, 7) is 2.76. The predicted molar refractivity (Wildman–Crippen MR) is 69.9 cm³/mol. The number of rotatable bonds is 13. The van der Waals surface area contributed by atoms with Crippen LogP contribution >= 0.6 is 0 Å². The molecule has 0 saturated carbocycles. The first-order valence-electron chi connectivity index (χ1n) is 7.04. The van der Waals surface area contributed by atoms with Crippen LogP contribution < -0.4 is 0 Å². The van der Waals surface area contributed by atoms with Gasteiger partial charge in [0.05, 0.1) is 6.10 Å². The van der Waals surface area contributed by atoms with Crippen LogP contribution in [0.2, 0.25) is 0 Å². The first-order chi connectivity index (χ1) is 8.31. The van der Waals surface area contributed by atoms with Gasteiger partial charge in [-0.25, -0.2) is 0 Å². The Kier molecular flexibility index (Phi) is 13.0. The highest BCUT2D eigenvalue weighted by Crippen LogP contribution is 2.11. The van der Waals surface area contributed by atoms with Crippen molar-refractivity contribution < 1.29 is 14.6 Å².